The first-order valence-corrected chi connectivity index (χ1v) is 5.02. The van der Waals surface area contributed by atoms with Crippen molar-refractivity contribution >= 4 is 0 Å². The van der Waals surface area contributed by atoms with E-state index in [0.717, 1.165) is 11.1 Å². The summed E-state index contributed by atoms with van der Waals surface area (Å²) in [7, 11) is 0. The van der Waals surface area contributed by atoms with Crippen LogP contribution in [0.1, 0.15) is 5.56 Å². The van der Waals surface area contributed by atoms with Crippen molar-refractivity contribution in [3.63, 3.8) is 0 Å². The molecule has 0 heterocycles. The number of halogens is 1. The summed E-state index contributed by atoms with van der Waals surface area (Å²) in [6.45, 7) is 0. The molecule has 2 aromatic carbocycles. The average molecular weight is 211 g/mol. The van der Waals surface area contributed by atoms with E-state index in [1.54, 1.807) is 12.1 Å². The van der Waals surface area contributed by atoms with E-state index in [9.17, 15) is 4.39 Å². The van der Waals surface area contributed by atoms with Crippen LogP contribution in [0, 0.1) is 17.1 Å². The maximum absolute atomic E-state index is 13.6. The van der Waals surface area contributed by atoms with E-state index in [4.69, 9.17) is 5.26 Å². The maximum atomic E-state index is 13.6. The van der Waals surface area contributed by atoms with Gasteiger partial charge >= 0.3 is 0 Å². The molecular formula is C14H10FN. The molecule has 16 heavy (non-hydrogen) atoms. The maximum Gasteiger partial charge on any atom is 0.131 e. The van der Waals surface area contributed by atoms with Crippen LogP contribution in [-0.2, 0) is 6.42 Å². The number of hydrogen-bond acceptors (Lipinski definition) is 1. The van der Waals surface area contributed by atoms with Crippen molar-refractivity contribution in [3.05, 3.63) is 59.9 Å². The predicted octanol–water partition coefficient (Wildman–Crippen LogP) is 3.56. The van der Waals surface area contributed by atoms with Crippen molar-refractivity contribution in [1.82, 2.24) is 0 Å². The lowest BCUT2D eigenvalue weighted by atomic mass is 10.0. The highest BCUT2D eigenvalue weighted by molar-refractivity contribution is 5.64. The molecule has 0 aliphatic heterocycles. The minimum Gasteiger partial charge on any atom is -0.206 e. The lowest BCUT2D eigenvalue weighted by Gasteiger charge is -2.04. The molecule has 0 atom stereocenters. The van der Waals surface area contributed by atoms with Gasteiger partial charge in [-0.15, -0.1) is 0 Å². The van der Waals surface area contributed by atoms with Gasteiger partial charge in [0, 0.05) is 5.56 Å². The number of nitriles is 1. The highest BCUT2D eigenvalue weighted by atomic mass is 19.1. The Labute approximate surface area is 93.8 Å². The van der Waals surface area contributed by atoms with E-state index in [1.165, 1.54) is 6.07 Å². The monoisotopic (exact) mass is 211 g/mol. The Morgan fingerprint density at radius 1 is 1.06 bits per heavy atom. The van der Waals surface area contributed by atoms with Gasteiger partial charge in [-0.25, -0.2) is 4.39 Å². The highest BCUT2D eigenvalue weighted by Gasteiger charge is 2.05. The summed E-state index contributed by atoms with van der Waals surface area (Å²) >= 11 is 0. The molecule has 0 unspecified atom stereocenters. The van der Waals surface area contributed by atoms with Crippen molar-refractivity contribution in [2.24, 2.45) is 0 Å². The molecule has 0 aliphatic rings. The summed E-state index contributed by atoms with van der Waals surface area (Å²) in [5.74, 6) is -0.257. The van der Waals surface area contributed by atoms with Crippen LogP contribution in [0.25, 0.3) is 11.1 Å². The zero-order valence-electron chi connectivity index (χ0n) is 8.65. The van der Waals surface area contributed by atoms with Crippen LogP contribution in [0.3, 0.4) is 0 Å². The first-order valence-electron chi connectivity index (χ1n) is 5.02. The molecule has 0 saturated carbocycles. The molecule has 78 valence electrons. The zero-order valence-corrected chi connectivity index (χ0v) is 8.65. The smallest absolute Gasteiger partial charge is 0.131 e. The standard InChI is InChI=1S/C14H10FN/c15-14-7-6-11(8-9-16)10-13(14)12-4-2-1-3-5-12/h1-7,10H,8H2. The molecule has 0 aromatic heterocycles. The molecule has 0 radical (unpaired) electrons. The largest absolute Gasteiger partial charge is 0.206 e. The van der Waals surface area contributed by atoms with Crippen molar-refractivity contribution in [1.29, 1.82) is 5.26 Å². The zero-order chi connectivity index (χ0) is 11.4. The number of rotatable bonds is 2. The number of nitrogens with zero attached hydrogens (tertiary/aromatic N) is 1. The summed E-state index contributed by atoms with van der Waals surface area (Å²) in [5, 5.41) is 8.61. The van der Waals surface area contributed by atoms with Gasteiger partial charge in [0.15, 0.2) is 0 Å². The molecule has 0 bridgehead atoms. The summed E-state index contributed by atoms with van der Waals surface area (Å²) in [5.41, 5.74) is 2.22. The molecule has 2 heteroatoms. The molecule has 1 nitrogen and oxygen atoms in total. The summed E-state index contributed by atoms with van der Waals surface area (Å²) in [4.78, 5) is 0. The Hall–Kier alpha value is -2.14. The third-order valence-electron chi connectivity index (χ3n) is 2.40. The first-order chi connectivity index (χ1) is 7.81. The van der Waals surface area contributed by atoms with E-state index in [2.05, 4.69) is 6.07 Å². The quantitative estimate of drug-likeness (QED) is 0.745. The third-order valence-corrected chi connectivity index (χ3v) is 2.40. The summed E-state index contributed by atoms with van der Waals surface area (Å²) in [6.07, 6.45) is 0.306. The lowest BCUT2D eigenvalue weighted by Crippen LogP contribution is -1.88. The summed E-state index contributed by atoms with van der Waals surface area (Å²) in [6, 6.07) is 16.2. The lowest BCUT2D eigenvalue weighted by molar-refractivity contribution is 0.631. The highest BCUT2D eigenvalue weighted by Crippen LogP contribution is 2.23. The van der Waals surface area contributed by atoms with Gasteiger partial charge in [-0.2, -0.15) is 5.26 Å². The van der Waals surface area contributed by atoms with Gasteiger partial charge in [0.1, 0.15) is 5.82 Å². The third kappa shape index (κ3) is 2.09. The first kappa shape index (κ1) is 10.4. The molecule has 0 spiro atoms. The van der Waals surface area contributed by atoms with Gasteiger partial charge in [-0.3, -0.25) is 0 Å². The predicted molar refractivity (Wildman–Crippen MR) is 61.2 cm³/mol. The van der Waals surface area contributed by atoms with Crippen LogP contribution in [0.2, 0.25) is 0 Å². The second kappa shape index (κ2) is 4.59. The normalized spacial score (nSPS) is 9.75. The number of benzene rings is 2. The van der Waals surface area contributed by atoms with Gasteiger partial charge in [0.2, 0.25) is 0 Å². The van der Waals surface area contributed by atoms with Gasteiger partial charge in [-0.05, 0) is 23.3 Å². The summed E-state index contributed by atoms with van der Waals surface area (Å²) < 4.78 is 13.6. The van der Waals surface area contributed by atoms with Gasteiger partial charge in [0.05, 0.1) is 12.5 Å². The molecule has 0 saturated heterocycles. The van der Waals surface area contributed by atoms with E-state index in [1.807, 2.05) is 30.3 Å². The average Bonchev–Trinajstić information content (AvgIpc) is 2.33. The molecule has 2 rings (SSSR count). The fraction of sp³-hybridized carbons (Fsp3) is 0.0714. The van der Waals surface area contributed by atoms with Crippen LogP contribution < -0.4 is 0 Å². The van der Waals surface area contributed by atoms with Crippen LogP contribution in [0.4, 0.5) is 4.39 Å². The second-order valence-electron chi connectivity index (χ2n) is 3.52. The molecule has 0 amide bonds. The van der Waals surface area contributed by atoms with E-state index in [0.29, 0.717) is 12.0 Å². The van der Waals surface area contributed by atoms with Gasteiger partial charge in [0.25, 0.3) is 0 Å². The van der Waals surface area contributed by atoms with Crippen LogP contribution in [0.15, 0.2) is 48.5 Å². The Morgan fingerprint density at radius 2 is 1.81 bits per heavy atom. The van der Waals surface area contributed by atoms with Crippen LogP contribution >= 0.6 is 0 Å². The van der Waals surface area contributed by atoms with Crippen LogP contribution in [-0.4, -0.2) is 0 Å². The van der Waals surface area contributed by atoms with Crippen molar-refractivity contribution in [2.75, 3.05) is 0 Å². The second-order valence-corrected chi connectivity index (χ2v) is 3.52. The Morgan fingerprint density at radius 3 is 2.50 bits per heavy atom. The minimum atomic E-state index is -0.257. The van der Waals surface area contributed by atoms with E-state index < -0.39 is 0 Å². The SMILES string of the molecule is N#CCc1ccc(F)c(-c2ccccc2)c1. The van der Waals surface area contributed by atoms with Crippen molar-refractivity contribution in [2.45, 2.75) is 6.42 Å². The Kier molecular flexibility index (Phi) is 2.98. The van der Waals surface area contributed by atoms with Gasteiger partial charge < -0.3 is 0 Å². The Balaban J connectivity index is 2.48. The van der Waals surface area contributed by atoms with Crippen molar-refractivity contribution < 1.29 is 4.39 Å². The molecular weight excluding hydrogens is 201 g/mol. The molecule has 2 aromatic rings. The topological polar surface area (TPSA) is 23.8 Å². The van der Waals surface area contributed by atoms with E-state index >= 15 is 0 Å². The van der Waals surface area contributed by atoms with Crippen molar-refractivity contribution in [3.8, 4) is 17.2 Å². The van der Waals surface area contributed by atoms with Crippen LogP contribution in [0.5, 0.6) is 0 Å². The Bertz CT molecular complexity index is 526. The molecule has 0 N–H and O–H groups in total. The van der Waals surface area contributed by atoms with Gasteiger partial charge in [-0.1, -0.05) is 36.4 Å². The van der Waals surface area contributed by atoms with E-state index in [-0.39, 0.29) is 5.82 Å². The fourth-order valence-corrected chi connectivity index (χ4v) is 1.61. The molecule has 0 aliphatic carbocycles. The number of hydrogen-bond donors (Lipinski definition) is 0. The minimum absolute atomic E-state index is 0.257. The molecule has 0 fully saturated rings. The fourth-order valence-electron chi connectivity index (χ4n) is 1.61.